The molecule has 0 aliphatic carbocycles. The first-order valence-electron chi connectivity index (χ1n) is 4.59. The van der Waals surface area contributed by atoms with Crippen LogP contribution in [0.1, 0.15) is 6.92 Å². The van der Waals surface area contributed by atoms with Crippen molar-refractivity contribution in [1.29, 1.82) is 0 Å². The van der Waals surface area contributed by atoms with Crippen LogP contribution in [0.2, 0.25) is 0 Å². The van der Waals surface area contributed by atoms with Crippen molar-refractivity contribution in [1.82, 2.24) is 5.43 Å². The molecule has 5 heteroatoms. The minimum atomic E-state index is -0.508. The second-order valence-electron chi connectivity index (χ2n) is 2.67. The van der Waals surface area contributed by atoms with Gasteiger partial charge in [-0.25, -0.2) is 10.2 Å². The number of hydrazine groups is 1. The highest BCUT2D eigenvalue weighted by Gasteiger charge is 2.02. The molecule has 0 aliphatic rings. The Morgan fingerprint density at radius 1 is 1.47 bits per heavy atom. The Balaban J connectivity index is 2.62. The summed E-state index contributed by atoms with van der Waals surface area (Å²) in [6.45, 7) is 2.08. The number of amides is 1. The molecule has 1 aromatic carbocycles. The van der Waals surface area contributed by atoms with Gasteiger partial charge in [0.15, 0.2) is 0 Å². The number of nitrogens with one attached hydrogen (secondary N) is 2. The fourth-order valence-corrected chi connectivity index (χ4v) is 1.78. The number of thioether (sulfide) groups is 1. The fraction of sp³-hybridized carbons (Fsp3) is 0.300. The van der Waals surface area contributed by atoms with Gasteiger partial charge >= 0.3 is 6.09 Å². The lowest BCUT2D eigenvalue weighted by Crippen LogP contribution is -2.29. The number of para-hydroxylation sites is 1. The Morgan fingerprint density at radius 3 is 2.87 bits per heavy atom. The third kappa shape index (κ3) is 3.71. The molecule has 1 amide bonds. The first-order valence-corrected chi connectivity index (χ1v) is 5.58. The highest BCUT2D eigenvalue weighted by molar-refractivity contribution is 7.99. The van der Waals surface area contributed by atoms with Gasteiger partial charge in [0, 0.05) is 4.90 Å². The van der Waals surface area contributed by atoms with Crippen LogP contribution in [-0.2, 0) is 4.74 Å². The van der Waals surface area contributed by atoms with E-state index >= 15 is 0 Å². The molecule has 0 saturated carbocycles. The predicted octanol–water partition coefficient (Wildman–Crippen LogP) is 2.48. The normalized spacial score (nSPS) is 9.47. The van der Waals surface area contributed by atoms with E-state index in [2.05, 4.69) is 22.5 Å². The molecule has 1 aromatic rings. The highest BCUT2D eigenvalue weighted by Crippen LogP contribution is 2.25. The molecular weight excluding hydrogens is 212 g/mol. The van der Waals surface area contributed by atoms with Crippen molar-refractivity contribution in [2.45, 2.75) is 11.8 Å². The van der Waals surface area contributed by atoms with E-state index in [9.17, 15) is 4.79 Å². The quantitative estimate of drug-likeness (QED) is 0.611. The summed E-state index contributed by atoms with van der Waals surface area (Å²) in [6.07, 6.45) is -0.508. The largest absolute Gasteiger partial charge is 0.452 e. The second kappa shape index (κ2) is 6.19. The van der Waals surface area contributed by atoms with E-state index in [0.29, 0.717) is 0 Å². The Kier molecular flexibility index (Phi) is 4.83. The first-order chi connectivity index (χ1) is 7.27. The van der Waals surface area contributed by atoms with Crippen LogP contribution in [-0.4, -0.2) is 19.0 Å². The molecule has 0 spiro atoms. The fourth-order valence-electron chi connectivity index (χ4n) is 1.02. The van der Waals surface area contributed by atoms with Crippen molar-refractivity contribution in [2.24, 2.45) is 0 Å². The minimum absolute atomic E-state index is 0.508. The van der Waals surface area contributed by atoms with Crippen LogP contribution in [0.25, 0.3) is 0 Å². The van der Waals surface area contributed by atoms with Gasteiger partial charge in [-0.3, -0.25) is 5.43 Å². The Bertz CT molecular complexity index is 331. The van der Waals surface area contributed by atoms with Crippen LogP contribution < -0.4 is 10.9 Å². The topological polar surface area (TPSA) is 50.4 Å². The minimum Gasteiger partial charge on any atom is -0.452 e. The second-order valence-corrected chi connectivity index (χ2v) is 3.98. The molecule has 0 bridgehead atoms. The van der Waals surface area contributed by atoms with E-state index in [4.69, 9.17) is 0 Å². The zero-order chi connectivity index (χ0) is 11.1. The highest BCUT2D eigenvalue weighted by atomic mass is 32.2. The van der Waals surface area contributed by atoms with Crippen LogP contribution in [0.15, 0.2) is 29.2 Å². The van der Waals surface area contributed by atoms with Crippen molar-refractivity contribution in [2.75, 3.05) is 18.3 Å². The van der Waals surface area contributed by atoms with Crippen LogP contribution in [0, 0.1) is 0 Å². The summed E-state index contributed by atoms with van der Waals surface area (Å²) in [6, 6.07) is 7.76. The molecule has 0 aliphatic heterocycles. The van der Waals surface area contributed by atoms with Gasteiger partial charge in [0.1, 0.15) is 0 Å². The number of rotatable bonds is 4. The summed E-state index contributed by atoms with van der Waals surface area (Å²) in [4.78, 5) is 11.9. The van der Waals surface area contributed by atoms with Gasteiger partial charge in [-0.15, -0.1) is 11.8 Å². The Hall–Kier alpha value is -1.36. The molecule has 0 aromatic heterocycles. The summed E-state index contributed by atoms with van der Waals surface area (Å²) in [5.41, 5.74) is 6.10. The van der Waals surface area contributed by atoms with Gasteiger partial charge in [-0.05, 0) is 17.9 Å². The lowest BCUT2D eigenvalue weighted by Gasteiger charge is -2.10. The van der Waals surface area contributed by atoms with Gasteiger partial charge in [0.05, 0.1) is 12.8 Å². The van der Waals surface area contributed by atoms with Gasteiger partial charge in [0.2, 0.25) is 0 Å². The number of hydrogen-bond donors (Lipinski definition) is 2. The molecule has 0 radical (unpaired) electrons. The van der Waals surface area contributed by atoms with E-state index in [1.165, 1.54) is 7.11 Å². The van der Waals surface area contributed by atoms with Crippen LogP contribution in [0.5, 0.6) is 0 Å². The number of carbonyl (C=O) groups is 1. The predicted molar refractivity (Wildman–Crippen MR) is 62.0 cm³/mol. The van der Waals surface area contributed by atoms with E-state index < -0.39 is 6.09 Å². The van der Waals surface area contributed by atoms with Gasteiger partial charge in [0.25, 0.3) is 0 Å². The van der Waals surface area contributed by atoms with E-state index in [1.54, 1.807) is 11.8 Å². The standard InChI is InChI=1S/C10H14N2O2S/c1-3-15-9-7-5-4-6-8(9)11-12-10(13)14-2/h4-7,11H,3H2,1-2H3,(H,12,13). The van der Waals surface area contributed by atoms with Crippen molar-refractivity contribution >= 4 is 23.5 Å². The average Bonchev–Trinajstić information content (AvgIpc) is 2.28. The maximum Gasteiger partial charge on any atom is 0.425 e. The molecule has 4 nitrogen and oxygen atoms in total. The third-order valence-electron chi connectivity index (χ3n) is 1.67. The van der Waals surface area contributed by atoms with Crippen molar-refractivity contribution in [3.8, 4) is 0 Å². The molecular formula is C10H14N2O2S. The molecule has 0 heterocycles. The molecule has 15 heavy (non-hydrogen) atoms. The summed E-state index contributed by atoms with van der Waals surface area (Å²) in [7, 11) is 1.32. The summed E-state index contributed by atoms with van der Waals surface area (Å²) < 4.78 is 4.45. The molecule has 0 atom stereocenters. The van der Waals surface area contributed by atoms with Crippen LogP contribution in [0.4, 0.5) is 10.5 Å². The van der Waals surface area contributed by atoms with E-state index in [-0.39, 0.29) is 0 Å². The number of hydrogen-bond acceptors (Lipinski definition) is 4. The van der Waals surface area contributed by atoms with Crippen molar-refractivity contribution < 1.29 is 9.53 Å². The number of benzene rings is 1. The number of ether oxygens (including phenoxy) is 1. The monoisotopic (exact) mass is 226 g/mol. The summed E-state index contributed by atoms with van der Waals surface area (Å²) in [5.74, 6) is 0.983. The zero-order valence-corrected chi connectivity index (χ0v) is 9.56. The summed E-state index contributed by atoms with van der Waals surface area (Å²) in [5, 5.41) is 0. The first kappa shape index (κ1) is 11.7. The lowest BCUT2D eigenvalue weighted by molar-refractivity contribution is 0.173. The van der Waals surface area contributed by atoms with E-state index in [1.807, 2.05) is 24.3 Å². The van der Waals surface area contributed by atoms with Crippen molar-refractivity contribution in [3.63, 3.8) is 0 Å². The molecule has 0 saturated heterocycles. The smallest absolute Gasteiger partial charge is 0.425 e. The molecule has 0 unspecified atom stereocenters. The molecule has 0 fully saturated rings. The molecule has 1 rings (SSSR count). The van der Waals surface area contributed by atoms with Gasteiger partial charge < -0.3 is 4.74 Å². The Morgan fingerprint density at radius 2 is 2.20 bits per heavy atom. The Labute approximate surface area is 93.4 Å². The molecule has 2 N–H and O–H groups in total. The number of methoxy groups -OCH3 is 1. The lowest BCUT2D eigenvalue weighted by atomic mass is 10.3. The number of carbonyl (C=O) groups excluding carboxylic acids is 1. The van der Waals surface area contributed by atoms with Crippen molar-refractivity contribution in [3.05, 3.63) is 24.3 Å². The maximum atomic E-state index is 10.9. The van der Waals surface area contributed by atoms with Gasteiger partial charge in [-0.1, -0.05) is 19.1 Å². The summed E-state index contributed by atoms with van der Waals surface area (Å²) >= 11 is 1.71. The third-order valence-corrected chi connectivity index (χ3v) is 2.63. The number of anilines is 1. The van der Waals surface area contributed by atoms with Crippen LogP contribution >= 0.6 is 11.8 Å². The SMILES string of the molecule is CCSc1ccccc1NNC(=O)OC. The molecule has 82 valence electrons. The maximum absolute atomic E-state index is 10.9. The van der Waals surface area contributed by atoms with E-state index in [0.717, 1.165) is 16.3 Å². The zero-order valence-electron chi connectivity index (χ0n) is 8.74. The van der Waals surface area contributed by atoms with Crippen LogP contribution in [0.3, 0.4) is 0 Å². The average molecular weight is 226 g/mol. The van der Waals surface area contributed by atoms with Gasteiger partial charge in [-0.2, -0.15) is 0 Å².